The molecular weight excluding hydrogens is 284 g/mol. The van der Waals surface area contributed by atoms with Crippen molar-refractivity contribution in [3.05, 3.63) is 69.7 Å². The van der Waals surface area contributed by atoms with Gasteiger partial charge >= 0.3 is 5.97 Å². The maximum absolute atomic E-state index is 11.9. The Morgan fingerprint density at radius 3 is 2.33 bits per heavy atom. The van der Waals surface area contributed by atoms with Gasteiger partial charge in [0.1, 0.15) is 0 Å². The van der Waals surface area contributed by atoms with Gasteiger partial charge in [-0.25, -0.2) is 0 Å². The molecule has 1 aliphatic rings. The van der Waals surface area contributed by atoms with Crippen LogP contribution in [0, 0.1) is 12.3 Å². The quantitative estimate of drug-likeness (QED) is 0.928. The van der Waals surface area contributed by atoms with Crippen molar-refractivity contribution in [2.45, 2.75) is 26.2 Å². The molecule has 2 aromatic rings. The van der Waals surface area contributed by atoms with Crippen LogP contribution in [0.25, 0.3) is 0 Å². The largest absolute Gasteiger partial charge is 0.481 e. The van der Waals surface area contributed by atoms with Gasteiger partial charge in [-0.3, -0.25) is 4.79 Å². The summed E-state index contributed by atoms with van der Waals surface area (Å²) in [6.45, 7) is 1.98. The minimum atomic E-state index is -0.775. The average molecular weight is 301 g/mol. The third kappa shape index (κ3) is 2.56. The Balaban J connectivity index is 1.96. The van der Waals surface area contributed by atoms with Gasteiger partial charge in [0.15, 0.2) is 0 Å². The first-order valence-corrected chi connectivity index (χ1v) is 7.43. The highest BCUT2D eigenvalue weighted by molar-refractivity contribution is 6.31. The van der Waals surface area contributed by atoms with Crippen LogP contribution in [0.5, 0.6) is 0 Å². The molecule has 0 aliphatic heterocycles. The van der Waals surface area contributed by atoms with Crippen molar-refractivity contribution in [2.24, 2.45) is 5.41 Å². The van der Waals surface area contributed by atoms with Crippen molar-refractivity contribution < 1.29 is 9.90 Å². The van der Waals surface area contributed by atoms with E-state index in [1.54, 1.807) is 0 Å². The smallest absolute Gasteiger partial charge is 0.310 e. The fourth-order valence-corrected chi connectivity index (χ4v) is 3.51. The van der Waals surface area contributed by atoms with Gasteiger partial charge < -0.3 is 5.11 Å². The van der Waals surface area contributed by atoms with Crippen molar-refractivity contribution in [2.75, 3.05) is 0 Å². The standard InChI is InChI=1S/C18H17ClO2/c1-12-6-7-15(16(19)8-12)11-18(17(20)21)9-13-4-2-3-5-14(13)10-18/h2-8H,9-11H2,1H3,(H,20,21). The van der Waals surface area contributed by atoms with Crippen molar-refractivity contribution in [1.29, 1.82) is 0 Å². The first kappa shape index (κ1) is 14.2. The van der Waals surface area contributed by atoms with Gasteiger partial charge in [0.05, 0.1) is 5.41 Å². The number of aliphatic carboxylic acids is 1. The summed E-state index contributed by atoms with van der Waals surface area (Å²) in [5, 5.41) is 10.5. The van der Waals surface area contributed by atoms with E-state index < -0.39 is 11.4 Å². The molecule has 2 nitrogen and oxygen atoms in total. The minimum absolute atomic E-state index is 0.468. The van der Waals surface area contributed by atoms with Gasteiger partial charge in [-0.1, -0.05) is 48.0 Å². The number of carboxylic acid groups (broad SMARTS) is 1. The van der Waals surface area contributed by atoms with Crippen LogP contribution in [0.4, 0.5) is 0 Å². The molecule has 1 N–H and O–H groups in total. The number of rotatable bonds is 3. The second kappa shape index (κ2) is 5.19. The Kier molecular flexibility index (Phi) is 3.50. The predicted molar refractivity (Wildman–Crippen MR) is 83.8 cm³/mol. The normalized spacial score (nSPS) is 15.7. The number of benzene rings is 2. The zero-order chi connectivity index (χ0) is 15.0. The van der Waals surface area contributed by atoms with Gasteiger partial charge in [-0.15, -0.1) is 0 Å². The Labute approximate surface area is 129 Å². The third-order valence-corrected chi connectivity index (χ3v) is 4.72. The van der Waals surface area contributed by atoms with Gasteiger partial charge in [0, 0.05) is 5.02 Å². The Morgan fingerprint density at radius 1 is 1.19 bits per heavy atom. The summed E-state index contributed by atoms with van der Waals surface area (Å²) < 4.78 is 0. The Morgan fingerprint density at radius 2 is 1.81 bits per heavy atom. The van der Waals surface area contributed by atoms with E-state index in [-0.39, 0.29) is 0 Å². The lowest BCUT2D eigenvalue weighted by Gasteiger charge is -2.24. The van der Waals surface area contributed by atoms with Gasteiger partial charge in [0.25, 0.3) is 0 Å². The molecule has 0 aromatic heterocycles. The number of aryl methyl sites for hydroxylation is 1. The molecule has 21 heavy (non-hydrogen) atoms. The summed E-state index contributed by atoms with van der Waals surface area (Å²) in [7, 11) is 0. The second-order valence-electron chi connectivity index (χ2n) is 5.98. The monoisotopic (exact) mass is 300 g/mol. The Hall–Kier alpha value is -1.80. The molecule has 0 spiro atoms. The van der Waals surface area contributed by atoms with E-state index >= 15 is 0 Å². The molecule has 2 aromatic carbocycles. The average Bonchev–Trinajstić information content (AvgIpc) is 2.81. The molecule has 0 saturated heterocycles. The van der Waals surface area contributed by atoms with E-state index in [0.29, 0.717) is 24.3 Å². The first-order valence-electron chi connectivity index (χ1n) is 7.05. The van der Waals surface area contributed by atoms with Gasteiger partial charge in [0.2, 0.25) is 0 Å². The Bertz CT molecular complexity index is 681. The molecule has 3 rings (SSSR count). The van der Waals surface area contributed by atoms with Crippen LogP contribution in [-0.4, -0.2) is 11.1 Å². The fraction of sp³-hybridized carbons (Fsp3) is 0.278. The highest BCUT2D eigenvalue weighted by Crippen LogP contribution is 2.41. The van der Waals surface area contributed by atoms with E-state index in [4.69, 9.17) is 11.6 Å². The van der Waals surface area contributed by atoms with Crippen LogP contribution in [0.3, 0.4) is 0 Å². The minimum Gasteiger partial charge on any atom is -0.481 e. The maximum atomic E-state index is 11.9. The van der Waals surface area contributed by atoms with Crippen LogP contribution in [0.2, 0.25) is 5.02 Å². The van der Waals surface area contributed by atoms with Crippen LogP contribution in [0.15, 0.2) is 42.5 Å². The number of fused-ring (bicyclic) bond motifs is 1. The second-order valence-corrected chi connectivity index (χ2v) is 6.39. The summed E-state index contributed by atoms with van der Waals surface area (Å²) in [4.78, 5) is 11.9. The number of hydrogen-bond donors (Lipinski definition) is 1. The topological polar surface area (TPSA) is 37.3 Å². The van der Waals surface area contributed by atoms with E-state index in [2.05, 4.69) is 0 Å². The van der Waals surface area contributed by atoms with Crippen molar-refractivity contribution in [3.8, 4) is 0 Å². The highest BCUT2D eigenvalue weighted by Gasteiger charge is 2.44. The lowest BCUT2D eigenvalue weighted by molar-refractivity contribution is -0.148. The summed E-state index contributed by atoms with van der Waals surface area (Å²) >= 11 is 6.29. The van der Waals surface area contributed by atoms with Crippen molar-refractivity contribution in [3.63, 3.8) is 0 Å². The fourth-order valence-electron chi connectivity index (χ4n) is 3.21. The van der Waals surface area contributed by atoms with Gasteiger partial charge in [-0.05, 0) is 54.5 Å². The summed E-state index contributed by atoms with van der Waals surface area (Å²) in [5.41, 5.74) is 3.51. The molecule has 1 aliphatic carbocycles. The SMILES string of the molecule is Cc1ccc(CC2(C(=O)O)Cc3ccccc3C2)c(Cl)c1. The van der Waals surface area contributed by atoms with Crippen LogP contribution < -0.4 is 0 Å². The summed E-state index contributed by atoms with van der Waals surface area (Å²) in [6, 6.07) is 13.8. The molecule has 108 valence electrons. The molecule has 0 atom stereocenters. The van der Waals surface area contributed by atoms with Gasteiger partial charge in [-0.2, -0.15) is 0 Å². The molecule has 0 unspecified atom stereocenters. The molecular formula is C18H17ClO2. The van der Waals surface area contributed by atoms with E-state index in [9.17, 15) is 9.90 Å². The number of carbonyl (C=O) groups is 1. The molecule has 0 amide bonds. The van der Waals surface area contributed by atoms with Crippen LogP contribution in [0.1, 0.15) is 22.3 Å². The number of halogens is 1. The van der Waals surface area contributed by atoms with Crippen molar-refractivity contribution in [1.82, 2.24) is 0 Å². The molecule has 0 radical (unpaired) electrons. The summed E-state index contributed by atoms with van der Waals surface area (Å²) in [5.74, 6) is -0.740. The summed E-state index contributed by atoms with van der Waals surface area (Å²) in [6.07, 6.45) is 1.61. The molecule has 0 heterocycles. The number of hydrogen-bond acceptors (Lipinski definition) is 1. The van der Waals surface area contributed by atoms with E-state index in [0.717, 1.165) is 22.3 Å². The zero-order valence-electron chi connectivity index (χ0n) is 11.9. The van der Waals surface area contributed by atoms with E-state index in [1.165, 1.54) is 0 Å². The lowest BCUT2D eigenvalue weighted by atomic mass is 9.79. The lowest BCUT2D eigenvalue weighted by Crippen LogP contribution is -2.34. The molecule has 0 saturated carbocycles. The third-order valence-electron chi connectivity index (χ3n) is 4.37. The molecule has 3 heteroatoms. The van der Waals surface area contributed by atoms with Crippen LogP contribution >= 0.6 is 11.6 Å². The van der Waals surface area contributed by atoms with E-state index in [1.807, 2.05) is 49.4 Å². The zero-order valence-corrected chi connectivity index (χ0v) is 12.7. The molecule has 0 bridgehead atoms. The maximum Gasteiger partial charge on any atom is 0.310 e. The predicted octanol–water partition coefficient (Wildman–Crippen LogP) is 4.06. The van der Waals surface area contributed by atoms with Crippen molar-refractivity contribution >= 4 is 17.6 Å². The molecule has 0 fully saturated rings. The highest BCUT2D eigenvalue weighted by atomic mass is 35.5. The van der Waals surface area contributed by atoms with Crippen LogP contribution in [-0.2, 0) is 24.1 Å². The first-order chi connectivity index (χ1) is 10.00. The number of carboxylic acids is 1.